The number of hydrazine groups is 1. The Balaban J connectivity index is 2.60. The summed E-state index contributed by atoms with van der Waals surface area (Å²) in [7, 11) is 0. The average Bonchev–Trinajstić information content (AvgIpc) is 2.20. The Morgan fingerprint density at radius 2 is 2.12 bits per heavy atom. The average molecular weight is 226 g/mol. The summed E-state index contributed by atoms with van der Waals surface area (Å²) in [5.41, 5.74) is 7.46. The first-order valence-electron chi connectivity index (χ1n) is 4.13. The number of nitrogens with one attached hydrogen (secondary N) is 1. The minimum absolute atomic E-state index is 0.357. The smallest absolute Gasteiger partial charge is 0.362 e. The lowest BCUT2D eigenvalue weighted by molar-refractivity contribution is -0.822. The van der Waals surface area contributed by atoms with Crippen LogP contribution in [0.15, 0.2) is 34.5 Å². The van der Waals surface area contributed by atoms with Crippen LogP contribution in [0.25, 0.3) is 0 Å². The molecule has 0 bridgehead atoms. The highest BCUT2D eigenvalue weighted by atomic mass is 19.1. The molecule has 0 heterocycles. The van der Waals surface area contributed by atoms with Crippen LogP contribution in [0.2, 0.25) is 0 Å². The molecule has 0 aliphatic carbocycles. The van der Waals surface area contributed by atoms with Gasteiger partial charge in [0.05, 0.1) is 6.21 Å². The van der Waals surface area contributed by atoms with Crippen LogP contribution in [-0.4, -0.2) is 22.4 Å². The van der Waals surface area contributed by atoms with Crippen molar-refractivity contribution in [2.75, 3.05) is 0 Å². The zero-order chi connectivity index (χ0) is 12.0. The first-order chi connectivity index (χ1) is 7.58. The van der Waals surface area contributed by atoms with Crippen LogP contribution in [0.3, 0.4) is 0 Å². The highest BCUT2D eigenvalue weighted by Gasteiger charge is 2.03. The van der Waals surface area contributed by atoms with E-state index in [1.165, 1.54) is 30.5 Å². The number of halogens is 1. The van der Waals surface area contributed by atoms with Crippen molar-refractivity contribution < 1.29 is 14.6 Å². The number of benzene rings is 1. The predicted octanol–water partition coefficient (Wildman–Crippen LogP) is 0.147. The molecular weight excluding hydrogens is 217 g/mol. The Bertz CT molecular complexity index is 429. The van der Waals surface area contributed by atoms with E-state index in [0.717, 1.165) is 0 Å². The van der Waals surface area contributed by atoms with Crippen LogP contribution in [0.4, 0.5) is 4.39 Å². The molecule has 0 aliphatic heterocycles. The van der Waals surface area contributed by atoms with E-state index >= 15 is 0 Å². The lowest BCUT2D eigenvalue weighted by atomic mass is 10.2. The monoisotopic (exact) mass is 226 g/mol. The highest BCUT2D eigenvalue weighted by molar-refractivity contribution is 5.81. The van der Waals surface area contributed by atoms with Crippen molar-refractivity contribution in [3.05, 3.63) is 40.6 Å². The third-order valence-corrected chi connectivity index (χ3v) is 1.45. The van der Waals surface area contributed by atoms with Crippen LogP contribution >= 0.6 is 0 Å². The third-order valence-electron chi connectivity index (χ3n) is 1.45. The van der Waals surface area contributed by atoms with E-state index in [-0.39, 0.29) is 11.8 Å². The summed E-state index contributed by atoms with van der Waals surface area (Å²) in [6.45, 7) is 0. The summed E-state index contributed by atoms with van der Waals surface area (Å²) in [6, 6.07) is 5.51. The molecule has 0 saturated carbocycles. The van der Waals surface area contributed by atoms with Crippen molar-refractivity contribution in [3.63, 3.8) is 0 Å². The van der Waals surface area contributed by atoms with Crippen LogP contribution in [0.1, 0.15) is 5.56 Å². The maximum atomic E-state index is 12.5. The summed E-state index contributed by atoms with van der Waals surface area (Å²) < 4.78 is 12.5. The Morgan fingerprint density at radius 1 is 1.50 bits per heavy atom. The molecule has 1 rings (SSSR count). The predicted molar refractivity (Wildman–Crippen MR) is 54.2 cm³/mol. The van der Waals surface area contributed by atoms with E-state index in [0.29, 0.717) is 5.56 Å². The van der Waals surface area contributed by atoms with Crippen molar-refractivity contribution in [3.8, 4) is 0 Å². The zero-order valence-corrected chi connectivity index (χ0v) is 8.04. The molecule has 16 heavy (non-hydrogen) atoms. The van der Waals surface area contributed by atoms with Crippen molar-refractivity contribution >= 4 is 12.2 Å². The largest absolute Gasteiger partial charge is 0.364 e. The molecule has 7 nitrogen and oxygen atoms in total. The first-order valence-corrected chi connectivity index (χ1v) is 4.13. The van der Waals surface area contributed by atoms with E-state index in [2.05, 4.69) is 10.2 Å². The molecule has 8 heteroatoms. The molecule has 0 radical (unpaired) electrons. The molecular formula is C8H9FN5O2+. The lowest BCUT2D eigenvalue weighted by Gasteiger charge is -1.90. The van der Waals surface area contributed by atoms with Crippen molar-refractivity contribution in [2.24, 2.45) is 15.9 Å². The van der Waals surface area contributed by atoms with E-state index in [4.69, 9.17) is 10.9 Å². The highest BCUT2D eigenvalue weighted by Crippen LogP contribution is 1.99. The Labute approximate surface area is 89.6 Å². The molecule has 0 aromatic heterocycles. The van der Waals surface area contributed by atoms with Gasteiger partial charge in [-0.15, -0.1) is 5.10 Å². The fourth-order valence-corrected chi connectivity index (χ4v) is 0.827. The van der Waals surface area contributed by atoms with Crippen LogP contribution < -0.4 is 11.2 Å². The van der Waals surface area contributed by atoms with Gasteiger partial charge < -0.3 is 5.73 Å². The number of hydrogen-bond donors (Lipinski definition) is 3. The van der Waals surface area contributed by atoms with Crippen molar-refractivity contribution in [2.45, 2.75) is 0 Å². The molecule has 0 saturated heterocycles. The second kappa shape index (κ2) is 5.39. The van der Waals surface area contributed by atoms with Crippen LogP contribution in [0.5, 0.6) is 0 Å². The molecule has 84 valence electrons. The number of nitrogens with two attached hydrogens (primary N) is 1. The van der Waals surface area contributed by atoms with Crippen molar-refractivity contribution in [1.82, 2.24) is 5.43 Å². The summed E-state index contributed by atoms with van der Waals surface area (Å²) >= 11 is 0. The number of nitrogens with zero attached hydrogens (tertiary/aromatic N) is 3. The Hall–Kier alpha value is -2.51. The van der Waals surface area contributed by atoms with Gasteiger partial charge in [-0.05, 0) is 23.1 Å². The van der Waals surface area contributed by atoms with Gasteiger partial charge in [0.25, 0.3) is 5.96 Å². The van der Waals surface area contributed by atoms with Crippen molar-refractivity contribution in [1.29, 1.82) is 0 Å². The normalized spacial score (nSPS) is 11.7. The zero-order valence-electron chi connectivity index (χ0n) is 8.04. The van der Waals surface area contributed by atoms with E-state index in [1.54, 1.807) is 5.43 Å². The standard InChI is InChI=1S/C8H9FN5O2/c9-7-3-1-6(2-4-7)5-11-12-8(10)13-14(15)16/h1-5H,(H,15,16)(H3,10,12,13)/q+1/b11-5+. The molecule has 0 fully saturated rings. The van der Waals surface area contributed by atoms with Gasteiger partial charge in [-0.25, -0.2) is 9.60 Å². The summed E-state index contributed by atoms with van der Waals surface area (Å²) in [5.74, 6) is -0.736. The van der Waals surface area contributed by atoms with Gasteiger partial charge in [-0.2, -0.15) is 5.10 Å². The summed E-state index contributed by atoms with van der Waals surface area (Å²) in [5, 5.41) is 14.4. The fraction of sp³-hybridized carbons (Fsp3) is 0. The number of hydrogen-bond acceptors (Lipinski definition) is 3. The van der Waals surface area contributed by atoms with Crippen LogP contribution in [-0.2, 0) is 0 Å². The van der Waals surface area contributed by atoms with Gasteiger partial charge in [0.2, 0.25) is 0 Å². The molecule has 0 atom stereocenters. The number of guanidine groups is 1. The minimum Gasteiger partial charge on any atom is -0.364 e. The quantitative estimate of drug-likeness (QED) is 0.387. The molecule has 0 unspecified atom stereocenters. The van der Waals surface area contributed by atoms with E-state index in [9.17, 15) is 9.30 Å². The summed E-state index contributed by atoms with van der Waals surface area (Å²) in [6.07, 6.45) is 1.31. The maximum absolute atomic E-state index is 12.5. The fourth-order valence-electron chi connectivity index (χ4n) is 0.827. The van der Waals surface area contributed by atoms with Gasteiger partial charge >= 0.3 is 5.03 Å². The molecule has 0 amide bonds. The topological polar surface area (TPSA) is 103 Å². The minimum atomic E-state index is -0.605. The maximum Gasteiger partial charge on any atom is 0.362 e. The van der Waals surface area contributed by atoms with E-state index in [1.807, 2.05) is 0 Å². The number of rotatable bonds is 3. The first kappa shape index (κ1) is 11.6. The van der Waals surface area contributed by atoms with Gasteiger partial charge in [-0.3, -0.25) is 0 Å². The Kier molecular flexibility index (Phi) is 3.90. The summed E-state index contributed by atoms with van der Waals surface area (Å²) in [4.78, 5) is 10.0. The molecule has 0 aliphatic rings. The van der Waals surface area contributed by atoms with Gasteiger partial charge in [0.15, 0.2) is 0 Å². The second-order valence-corrected chi connectivity index (χ2v) is 2.67. The molecule has 1 aromatic rings. The van der Waals surface area contributed by atoms with E-state index < -0.39 is 5.03 Å². The van der Waals surface area contributed by atoms with Gasteiger partial charge in [-0.1, -0.05) is 12.1 Å². The van der Waals surface area contributed by atoms with Gasteiger partial charge in [0.1, 0.15) is 10.7 Å². The van der Waals surface area contributed by atoms with Crippen LogP contribution in [0, 0.1) is 10.7 Å². The van der Waals surface area contributed by atoms with Gasteiger partial charge in [0, 0.05) is 0 Å². The Morgan fingerprint density at radius 3 is 2.69 bits per heavy atom. The molecule has 0 spiro atoms. The molecule has 1 aromatic carbocycles. The second-order valence-electron chi connectivity index (χ2n) is 2.67. The third kappa shape index (κ3) is 4.13. The molecule has 4 N–H and O–H groups in total. The lowest BCUT2D eigenvalue weighted by Crippen LogP contribution is -2.36. The SMILES string of the molecule is N/C(=N\N=C\c1ccc(F)cc1)N[N+](=O)O.